The fraction of sp³-hybridized carbons (Fsp3) is 0.350. The Morgan fingerprint density at radius 3 is 2.55 bits per heavy atom. The number of alkyl halides is 3. The minimum atomic E-state index is -4.53. The molecule has 2 amide bonds. The van der Waals surface area contributed by atoms with Crippen LogP contribution in [0.1, 0.15) is 28.8 Å². The summed E-state index contributed by atoms with van der Waals surface area (Å²) in [5.74, 6) is -1.04. The lowest BCUT2D eigenvalue weighted by Crippen LogP contribution is -2.46. The molecule has 2 heterocycles. The number of carbonyl (C=O) groups is 2. The quantitative estimate of drug-likeness (QED) is 0.614. The van der Waals surface area contributed by atoms with Gasteiger partial charge in [-0.15, -0.1) is 0 Å². The lowest BCUT2D eigenvalue weighted by atomic mass is 10.1. The lowest BCUT2D eigenvalue weighted by molar-refractivity contribution is -0.137. The SMILES string of the molecule is O=C(NCCNc1ncccc1C(F)(F)F)C1CCCN1C(=O)c1cc(Cl)cc(Cl)c1. The molecular weight excluding hydrogens is 456 g/mol. The molecule has 6 nitrogen and oxygen atoms in total. The van der Waals surface area contributed by atoms with Gasteiger partial charge in [0.05, 0.1) is 5.56 Å². The monoisotopic (exact) mass is 474 g/mol. The molecule has 11 heteroatoms. The summed E-state index contributed by atoms with van der Waals surface area (Å²) in [4.78, 5) is 30.6. The highest BCUT2D eigenvalue weighted by atomic mass is 35.5. The van der Waals surface area contributed by atoms with E-state index in [1.165, 1.54) is 35.4 Å². The van der Waals surface area contributed by atoms with E-state index in [0.29, 0.717) is 29.4 Å². The van der Waals surface area contributed by atoms with E-state index in [9.17, 15) is 22.8 Å². The van der Waals surface area contributed by atoms with Gasteiger partial charge in [-0.25, -0.2) is 4.98 Å². The maximum absolute atomic E-state index is 13.0. The van der Waals surface area contributed by atoms with Gasteiger partial charge in [0.1, 0.15) is 11.9 Å². The Balaban J connectivity index is 1.56. The molecule has 1 aliphatic rings. The molecular formula is C20H19Cl2F3N4O2. The van der Waals surface area contributed by atoms with E-state index < -0.39 is 17.8 Å². The number of carbonyl (C=O) groups excluding carboxylic acids is 2. The summed E-state index contributed by atoms with van der Waals surface area (Å²) in [6.45, 7) is 0.507. The first kappa shape index (κ1) is 23.1. The van der Waals surface area contributed by atoms with Gasteiger partial charge in [-0.2, -0.15) is 13.2 Å². The zero-order valence-corrected chi connectivity index (χ0v) is 17.7. The van der Waals surface area contributed by atoms with Gasteiger partial charge in [0, 0.05) is 41.4 Å². The molecule has 3 rings (SSSR count). The number of anilines is 1. The highest BCUT2D eigenvalue weighted by Gasteiger charge is 2.35. The van der Waals surface area contributed by atoms with Gasteiger partial charge in [-0.05, 0) is 43.2 Å². The largest absolute Gasteiger partial charge is 0.419 e. The molecule has 2 N–H and O–H groups in total. The van der Waals surface area contributed by atoms with Crippen LogP contribution in [0.2, 0.25) is 10.0 Å². The Bertz CT molecular complexity index is 951. The number of nitrogens with one attached hydrogen (secondary N) is 2. The van der Waals surface area contributed by atoms with Crippen molar-refractivity contribution in [1.29, 1.82) is 0 Å². The minimum absolute atomic E-state index is 0.0381. The highest BCUT2D eigenvalue weighted by molar-refractivity contribution is 6.35. The number of amides is 2. The predicted octanol–water partition coefficient (Wildman–Crippen LogP) is 4.24. The van der Waals surface area contributed by atoms with Crippen molar-refractivity contribution in [1.82, 2.24) is 15.2 Å². The molecule has 0 aliphatic carbocycles. The molecule has 0 bridgehead atoms. The average Bonchev–Trinajstić information content (AvgIpc) is 3.19. The van der Waals surface area contributed by atoms with Crippen LogP contribution in [0.4, 0.5) is 19.0 Å². The van der Waals surface area contributed by atoms with Crippen molar-refractivity contribution in [3.8, 4) is 0 Å². The van der Waals surface area contributed by atoms with Gasteiger partial charge in [0.2, 0.25) is 5.91 Å². The molecule has 1 unspecified atom stereocenters. The third-order valence-corrected chi connectivity index (χ3v) is 5.19. The molecule has 0 spiro atoms. The number of aromatic nitrogens is 1. The number of likely N-dealkylation sites (tertiary alicyclic amines) is 1. The number of halogens is 5. The molecule has 0 radical (unpaired) electrons. The Morgan fingerprint density at radius 1 is 1.16 bits per heavy atom. The number of rotatable bonds is 6. The summed E-state index contributed by atoms with van der Waals surface area (Å²) < 4.78 is 39.0. The van der Waals surface area contributed by atoms with Crippen molar-refractivity contribution in [2.45, 2.75) is 25.1 Å². The van der Waals surface area contributed by atoms with Crippen molar-refractivity contribution >= 4 is 40.8 Å². The Morgan fingerprint density at radius 2 is 1.87 bits per heavy atom. The lowest BCUT2D eigenvalue weighted by Gasteiger charge is -2.24. The van der Waals surface area contributed by atoms with Crippen LogP contribution in [0.3, 0.4) is 0 Å². The molecule has 1 aliphatic heterocycles. The van der Waals surface area contributed by atoms with Crippen molar-refractivity contribution in [2.24, 2.45) is 0 Å². The third kappa shape index (κ3) is 5.80. The van der Waals surface area contributed by atoms with E-state index in [4.69, 9.17) is 23.2 Å². The topological polar surface area (TPSA) is 74.3 Å². The first-order valence-corrected chi connectivity index (χ1v) is 10.2. The van der Waals surface area contributed by atoms with Gasteiger partial charge in [0.15, 0.2) is 0 Å². The van der Waals surface area contributed by atoms with Crippen LogP contribution >= 0.6 is 23.2 Å². The summed E-state index contributed by atoms with van der Waals surface area (Å²) in [6, 6.07) is 5.93. The first-order chi connectivity index (χ1) is 14.7. The van der Waals surface area contributed by atoms with Crippen LogP contribution in [0.5, 0.6) is 0 Å². The summed E-state index contributed by atoms with van der Waals surface area (Å²) in [5, 5.41) is 5.87. The molecule has 31 heavy (non-hydrogen) atoms. The maximum Gasteiger partial charge on any atom is 0.419 e. The van der Waals surface area contributed by atoms with E-state index in [0.717, 1.165) is 6.07 Å². The molecule has 166 valence electrons. The molecule has 1 fully saturated rings. The summed E-state index contributed by atoms with van der Waals surface area (Å²) in [5.41, 5.74) is -0.595. The van der Waals surface area contributed by atoms with E-state index in [1.54, 1.807) is 0 Å². The summed E-state index contributed by atoms with van der Waals surface area (Å²) in [6.07, 6.45) is -2.15. The first-order valence-electron chi connectivity index (χ1n) is 9.47. The summed E-state index contributed by atoms with van der Waals surface area (Å²) >= 11 is 11.9. The van der Waals surface area contributed by atoms with E-state index in [2.05, 4.69) is 15.6 Å². The standard InChI is InChI=1S/C20H19Cl2F3N4O2/c21-13-9-12(10-14(22)11-13)19(31)29-8-2-4-16(29)18(30)28-7-6-27-17-15(20(23,24)25)3-1-5-26-17/h1,3,5,9-11,16H,2,4,6-8H2,(H,26,27)(H,28,30). The number of hydrogen-bond acceptors (Lipinski definition) is 4. The van der Waals surface area contributed by atoms with Gasteiger partial charge < -0.3 is 15.5 Å². The van der Waals surface area contributed by atoms with Crippen LogP contribution in [-0.2, 0) is 11.0 Å². The van der Waals surface area contributed by atoms with E-state index >= 15 is 0 Å². The van der Waals surface area contributed by atoms with Gasteiger partial charge in [-0.1, -0.05) is 23.2 Å². The normalized spacial score (nSPS) is 16.3. The van der Waals surface area contributed by atoms with Crippen molar-refractivity contribution < 1.29 is 22.8 Å². The zero-order valence-electron chi connectivity index (χ0n) is 16.2. The van der Waals surface area contributed by atoms with Gasteiger partial charge in [-0.3, -0.25) is 9.59 Å². The van der Waals surface area contributed by atoms with Gasteiger partial charge >= 0.3 is 6.18 Å². The van der Waals surface area contributed by atoms with E-state index in [1.807, 2.05) is 0 Å². The smallest absolute Gasteiger partial charge is 0.368 e. The number of benzene rings is 1. The van der Waals surface area contributed by atoms with Crippen LogP contribution < -0.4 is 10.6 Å². The molecule has 1 aromatic heterocycles. The second-order valence-electron chi connectivity index (χ2n) is 6.93. The molecule has 0 saturated carbocycles. The number of hydrogen-bond donors (Lipinski definition) is 2. The molecule has 1 atom stereocenters. The fourth-order valence-electron chi connectivity index (χ4n) is 3.38. The number of pyridine rings is 1. The Hall–Kier alpha value is -2.52. The van der Waals surface area contributed by atoms with Crippen LogP contribution in [0, 0.1) is 0 Å². The number of nitrogens with zero attached hydrogens (tertiary/aromatic N) is 2. The Labute approximate surface area is 186 Å². The van der Waals surface area contributed by atoms with E-state index in [-0.39, 0.29) is 36.3 Å². The highest BCUT2D eigenvalue weighted by Crippen LogP contribution is 2.33. The van der Waals surface area contributed by atoms with Crippen LogP contribution in [-0.4, -0.2) is 47.4 Å². The van der Waals surface area contributed by atoms with Crippen molar-refractivity contribution in [3.63, 3.8) is 0 Å². The van der Waals surface area contributed by atoms with Crippen LogP contribution in [0.25, 0.3) is 0 Å². The second-order valence-corrected chi connectivity index (χ2v) is 7.80. The van der Waals surface area contributed by atoms with Crippen molar-refractivity contribution in [3.05, 3.63) is 57.7 Å². The second kappa shape index (κ2) is 9.74. The molecule has 1 saturated heterocycles. The zero-order chi connectivity index (χ0) is 22.6. The minimum Gasteiger partial charge on any atom is -0.368 e. The third-order valence-electron chi connectivity index (χ3n) is 4.76. The molecule has 1 aromatic carbocycles. The average molecular weight is 475 g/mol. The Kier molecular flexibility index (Phi) is 7.27. The van der Waals surface area contributed by atoms with Crippen molar-refractivity contribution in [2.75, 3.05) is 25.0 Å². The van der Waals surface area contributed by atoms with Gasteiger partial charge in [0.25, 0.3) is 5.91 Å². The molecule has 2 aromatic rings. The predicted molar refractivity (Wildman–Crippen MR) is 111 cm³/mol. The maximum atomic E-state index is 13.0. The van der Waals surface area contributed by atoms with Crippen LogP contribution in [0.15, 0.2) is 36.5 Å². The fourth-order valence-corrected chi connectivity index (χ4v) is 3.91. The summed E-state index contributed by atoms with van der Waals surface area (Å²) in [7, 11) is 0.